The number of amides is 1. The molecule has 0 spiro atoms. The molecule has 2 aromatic heterocycles. The standard InChI is InChI=1S/C32H25N3O3S/c1-18(2)20-8-10-21(11-9-20)30-19(3)39-32(25(30)16-33)35-31(36)24-15-27(34-26-7-5-4-6-23(24)26)22-12-13-28-29(14-22)38-17-37-28/h4-15,18H,17H2,1-3H3,(H,35,36). The van der Waals surface area contributed by atoms with Crippen LogP contribution in [0.1, 0.15) is 46.1 Å². The molecule has 0 saturated carbocycles. The molecule has 1 amide bonds. The van der Waals surface area contributed by atoms with Crippen molar-refractivity contribution in [2.24, 2.45) is 0 Å². The highest BCUT2D eigenvalue weighted by molar-refractivity contribution is 7.17. The van der Waals surface area contributed by atoms with Crippen molar-refractivity contribution in [3.63, 3.8) is 0 Å². The quantitative estimate of drug-likeness (QED) is 0.249. The summed E-state index contributed by atoms with van der Waals surface area (Å²) in [6.45, 7) is 6.47. The molecular weight excluding hydrogens is 506 g/mol. The molecule has 5 aromatic rings. The highest BCUT2D eigenvalue weighted by Gasteiger charge is 2.22. The number of aryl methyl sites for hydroxylation is 1. The average Bonchev–Trinajstić information content (AvgIpc) is 3.55. The van der Waals surface area contributed by atoms with Gasteiger partial charge in [0, 0.05) is 21.4 Å². The summed E-state index contributed by atoms with van der Waals surface area (Å²) in [6.07, 6.45) is 0. The zero-order chi connectivity index (χ0) is 27.1. The second kappa shape index (κ2) is 9.90. The molecule has 1 aliphatic heterocycles. The molecule has 0 aliphatic carbocycles. The number of carbonyl (C=O) groups is 1. The van der Waals surface area contributed by atoms with Gasteiger partial charge in [0.05, 0.1) is 22.3 Å². The van der Waals surface area contributed by atoms with E-state index in [1.165, 1.54) is 16.9 Å². The van der Waals surface area contributed by atoms with Crippen molar-refractivity contribution in [1.29, 1.82) is 5.26 Å². The van der Waals surface area contributed by atoms with Gasteiger partial charge in [-0.05, 0) is 54.3 Å². The normalized spacial score (nSPS) is 12.1. The lowest BCUT2D eigenvalue weighted by Crippen LogP contribution is -2.13. The Bertz CT molecular complexity index is 1780. The van der Waals surface area contributed by atoms with E-state index in [-0.39, 0.29) is 12.7 Å². The van der Waals surface area contributed by atoms with Crippen molar-refractivity contribution in [1.82, 2.24) is 4.98 Å². The summed E-state index contributed by atoms with van der Waals surface area (Å²) in [5, 5.41) is 14.4. The molecule has 1 aliphatic rings. The highest BCUT2D eigenvalue weighted by atomic mass is 32.1. The van der Waals surface area contributed by atoms with Gasteiger partial charge in [0.25, 0.3) is 5.91 Å². The average molecular weight is 532 g/mol. The molecule has 7 heteroatoms. The summed E-state index contributed by atoms with van der Waals surface area (Å²) in [5.41, 5.74) is 6.16. The lowest BCUT2D eigenvalue weighted by atomic mass is 9.97. The summed E-state index contributed by atoms with van der Waals surface area (Å²) in [7, 11) is 0. The van der Waals surface area contributed by atoms with Gasteiger partial charge in [-0.25, -0.2) is 4.98 Å². The number of carbonyl (C=O) groups excluding carboxylic acids is 1. The molecule has 192 valence electrons. The van der Waals surface area contributed by atoms with E-state index in [4.69, 9.17) is 14.5 Å². The summed E-state index contributed by atoms with van der Waals surface area (Å²) in [4.78, 5) is 19.5. The van der Waals surface area contributed by atoms with Gasteiger partial charge in [-0.1, -0.05) is 56.3 Å². The fourth-order valence-electron chi connectivity index (χ4n) is 4.86. The third-order valence-electron chi connectivity index (χ3n) is 6.92. The zero-order valence-electron chi connectivity index (χ0n) is 21.7. The summed E-state index contributed by atoms with van der Waals surface area (Å²) < 4.78 is 11.0. The van der Waals surface area contributed by atoms with E-state index < -0.39 is 0 Å². The minimum Gasteiger partial charge on any atom is -0.454 e. The molecule has 6 rings (SSSR count). The monoisotopic (exact) mass is 531 g/mol. The van der Waals surface area contributed by atoms with Crippen LogP contribution in [0.25, 0.3) is 33.3 Å². The molecule has 39 heavy (non-hydrogen) atoms. The maximum Gasteiger partial charge on any atom is 0.257 e. The first-order chi connectivity index (χ1) is 18.9. The first kappa shape index (κ1) is 24.7. The number of nitriles is 1. The van der Waals surface area contributed by atoms with Gasteiger partial charge in [-0.15, -0.1) is 11.3 Å². The third kappa shape index (κ3) is 4.49. The Labute approximate surface area is 230 Å². The SMILES string of the molecule is Cc1sc(NC(=O)c2cc(-c3ccc4c(c3)OCO4)nc3ccccc23)c(C#N)c1-c1ccc(C(C)C)cc1. The number of fused-ring (bicyclic) bond motifs is 2. The molecule has 0 bridgehead atoms. The number of hydrogen-bond donors (Lipinski definition) is 1. The summed E-state index contributed by atoms with van der Waals surface area (Å²) in [5.74, 6) is 1.46. The predicted molar refractivity (Wildman–Crippen MR) is 155 cm³/mol. The van der Waals surface area contributed by atoms with E-state index in [2.05, 4.69) is 37.4 Å². The Balaban J connectivity index is 1.39. The van der Waals surface area contributed by atoms with Gasteiger partial charge in [-0.3, -0.25) is 4.79 Å². The Morgan fingerprint density at radius 3 is 2.51 bits per heavy atom. The first-order valence-corrected chi connectivity index (χ1v) is 13.5. The highest BCUT2D eigenvalue weighted by Crippen LogP contribution is 2.41. The van der Waals surface area contributed by atoms with E-state index >= 15 is 0 Å². The van der Waals surface area contributed by atoms with Crippen molar-refractivity contribution < 1.29 is 14.3 Å². The Kier molecular flexibility index (Phi) is 6.26. The molecule has 1 N–H and O–H groups in total. The van der Waals surface area contributed by atoms with E-state index in [0.717, 1.165) is 27.0 Å². The van der Waals surface area contributed by atoms with Gasteiger partial charge in [-0.2, -0.15) is 5.26 Å². The van der Waals surface area contributed by atoms with Crippen LogP contribution in [0.15, 0.2) is 72.8 Å². The van der Waals surface area contributed by atoms with Gasteiger partial charge in [0.2, 0.25) is 6.79 Å². The van der Waals surface area contributed by atoms with Crippen molar-refractivity contribution in [2.45, 2.75) is 26.7 Å². The number of nitrogens with one attached hydrogen (secondary N) is 1. The molecule has 0 saturated heterocycles. The van der Waals surface area contributed by atoms with Crippen LogP contribution in [0.5, 0.6) is 11.5 Å². The number of rotatable bonds is 5. The minimum atomic E-state index is -0.296. The number of aromatic nitrogens is 1. The Morgan fingerprint density at radius 1 is 1.00 bits per heavy atom. The van der Waals surface area contributed by atoms with Gasteiger partial charge in [0.15, 0.2) is 11.5 Å². The summed E-state index contributed by atoms with van der Waals surface area (Å²) >= 11 is 1.41. The third-order valence-corrected chi connectivity index (χ3v) is 7.94. The molecule has 0 unspecified atom stereocenters. The number of hydrogen-bond acceptors (Lipinski definition) is 6. The Hall–Kier alpha value is -4.67. The number of para-hydroxylation sites is 1. The van der Waals surface area contributed by atoms with Crippen molar-refractivity contribution in [3.05, 3.63) is 94.4 Å². The number of thiophene rings is 1. The molecule has 0 fully saturated rings. The minimum absolute atomic E-state index is 0.183. The van der Waals surface area contributed by atoms with Gasteiger partial charge >= 0.3 is 0 Å². The number of benzene rings is 3. The lowest BCUT2D eigenvalue weighted by molar-refractivity contribution is 0.102. The van der Waals surface area contributed by atoms with Crippen LogP contribution in [0.3, 0.4) is 0 Å². The van der Waals surface area contributed by atoms with Crippen LogP contribution in [0, 0.1) is 18.3 Å². The zero-order valence-corrected chi connectivity index (χ0v) is 22.6. The smallest absolute Gasteiger partial charge is 0.257 e. The maximum absolute atomic E-state index is 13.8. The maximum atomic E-state index is 13.8. The molecular formula is C32H25N3O3S. The molecule has 3 aromatic carbocycles. The van der Waals surface area contributed by atoms with Crippen LogP contribution in [-0.4, -0.2) is 17.7 Å². The molecule has 3 heterocycles. The second-order valence-electron chi connectivity index (χ2n) is 9.72. The van der Waals surface area contributed by atoms with Crippen LogP contribution in [-0.2, 0) is 0 Å². The van der Waals surface area contributed by atoms with Gasteiger partial charge in [0.1, 0.15) is 11.1 Å². The fourth-order valence-corrected chi connectivity index (χ4v) is 5.88. The van der Waals surface area contributed by atoms with E-state index in [1.807, 2.05) is 61.5 Å². The molecule has 0 atom stereocenters. The van der Waals surface area contributed by atoms with E-state index in [0.29, 0.717) is 44.8 Å². The molecule has 6 nitrogen and oxygen atoms in total. The van der Waals surface area contributed by atoms with E-state index in [9.17, 15) is 10.1 Å². The number of anilines is 1. The number of ether oxygens (including phenoxy) is 2. The van der Waals surface area contributed by atoms with Gasteiger partial charge < -0.3 is 14.8 Å². The van der Waals surface area contributed by atoms with Crippen LogP contribution < -0.4 is 14.8 Å². The predicted octanol–water partition coefficient (Wildman–Crippen LogP) is 7.91. The lowest BCUT2D eigenvalue weighted by Gasteiger charge is -2.11. The van der Waals surface area contributed by atoms with Crippen LogP contribution >= 0.6 is 11.3 Å². The fraction of sp³-hybridized carbons (Fsp3) is 0.156. The Morgan fingerprint density at radius 2 is 1.74 bits per heavy atom. The summed E-state index contributed by atoms with van der Waals surface area (Å²) in [6, 6.07) is 25.6. The second-order valence-corrected chi connectivity index (χ2v) is 10.9. The largest absolute Gasteiger partial charge is 0.454 e. The van der Waals surface area contributed by atoms with Crippen molar-refractivity contribution in [2.75, 3.05) is 12.1 Å². The van der Waals surface area contributed by atoms with Crippen molar-refractivity contribution in [3.8, 4) is 40.0 Å². The van der Waals surface area contributed by atoms with Crippen LogP contribution in [0.2, 0.25) is 0 Å². The number of pyridine rings is 1. The topological polar surface area (TPSA) is 84.2 Å². The molecule has 0 radical (unpaired) electrons. The van der Waals surface area contributed by atoms with Crippen LogP contribution in [0.4, 0.5) is 5.00 Å². The number of nitrogens with zero attached hydrogens (tertiary/aromatic N) is 2. The first-order valence-electron chi connectivity index (χ1n) is 12.7. The van der Waals surface area contributed by atoms with Crippen molar-refractivity contribution >= 4 is 33.1 Å². The van der Waals surface area contributed by atoms with E-state index in [1.54, 1.807) is 6.07 Å².